The third-order valence-corrected chi connectivity index (χ3v) is 4.00. The van der Waals surface area contributed by atoms with Gasteiger partial charge in [0.25, 0.3) is 0 Å². The number of hydrogen-bond acceptors (Lipinski definition) is 3. The van der Waals surface area contributed by atoms with Crippen molar-refractivity contribution in [1.82, 2.24) is 14.5 Å². The quantitative estimate of drug-likeness (QED) is 0.720. The van der Waals surface area contributed by atoms with Gasteiger partial charge in [-0.1, -0.05) is 32.0 Å². The van der Waals surface area contributed by atoms with E-state index < -0.39 is 0 Å². The van der Waals surface area contributed by atoms with Crippen LogP contribution in [-0.2, 0) is 6.54 Å². The van der Waals surface area contributed by atoms with E-state index >= 15 is 0 Å². The van der Waals surface area contributed by atoms with Crippen LogP contribution in [0.1, 0.15) is 13.8 Å². The SMILES string of the molecule is CC(C)Cn1cnc2c(N[SH](C)C)nc3ccccc3c21. The summed E-state index contributed by atoms with van der Waals surface area (Å²) in [7, 11) is 0. The van der Waals surface area contributed by atoms with Crippen molar-refractivity contribution in [3.05, 3.63) is 30.6 Å². The Hall–Kier alpha value is -1.75. The minimum atomic E-state index is -0.275. The van der Waals surface area contributed by atoms with Gasteiger partial charge in [-0.3, -0.25) is 0 Å². The predicted molar refractivity (Wildman–Crippen MR) is 94.3 cm³/mol. The van der Waals surface area contributed by atoms with Crippen molar-refractivity contribution >= 4 is 38.8 Å². The second-order valence-corrected chi connectivity index (χ2v) is 7.98. The van der Waals surface area contributed by atoms with E-state index in [1.807, 2.05) is 12.4 Å². The topological polar surface area (TPSA) is 42.7 Å². The molecule has 0 atom stereocenters. The molecule has 2 heterocycles. The van der Waals surface area contributed by atoms with E-state index in [9.17, 15) is 0 Å². The molecule has 3 rings (SSSR count). The zero-order chi connectivity index (χ0) is 15.0. The van der Waals surface area contributed by atoms with Crippen LogP contribution in [0, 0.1) is 5.92 Å². The monoisotopic (exact) mass is 302 g/mol. The Labute approximate surface area is 128 Å². The van der Waals surface area contributed by atoms with Gasteiger partial charge in [0, 0.05) is 11.9 Å². The molecule has 2 aromatic heterocycles. The van der Waals surface area contributed by atoms with Crippen LogP contribution in [0.25, 0.3) is 21.9 Å². The van der Waals surface area contributed by atoms with Gasteiger partial charge in [-0.2, -0.15) is 11.1 Å². The summed E-state index contributed by atoms with van der Waals surface area (Å²) in [6, 6.07) is 8.30. The summed E-state index contributed by atoms with van der Waals surface area (Å²) in [6.45, 7) is 5.42. The van der Waals surface area contributed by atoms with Crippen molar-refractivity contribution in [3.63, 3.8) is 0 Å². The molecule has 0 aliphatic heterocycles. The van der Waals surface area contributed by atoms with E-state index in [0.29, 0.717) is 5.92 Å². The number of pyridine rings is 1. The van der Waals surface area contributed by atoms with Crippen molar-refractivity contribution in [2.45, 2.75) is 20.4 Å². The van der Waals surface area contributed by atoms with Crippen molar-refractivity contribution in [2.24, 2.45) is 5.92 Å². The molecule has 0 unspecified atom stereocenters. The molecular formula is C16H22N4S. The Bertz CT molecular complexity index is 776. The Morgan fingerprint density at radius 1 is 1.24 bits per heavy atom. The second kappa shape index (κ2) is 5.56. The average molecular weight is 302 g/mol. The van der Waals surface area contributed by atoms with E-state index in [2.05, 4.69) is 58.8 Å². The lowest BCUT2D eigenvalue weighted by molar-refractivity contribution is 0.533. The lowest BCUT2D eigenvalue weighted by Gasteiger charge is -2.15. The number of nitrogens with one attached hydrogen (secondary N) is 1. The van der Waals surface area contributed by atoms with E-state index in [0.717, 1.165) is 23.4 Å². The lowest BCUT2D eigenvalue weighted by Crippen LogP contribution is -2.04. The zero-order valence-electron chi connectivity index (χ0n) is 13.0. The Morgan fingerprint density at radius 2 is 2.00 bits per heavy atom. The first kappa shape index (κ1) is 14.2. The number of para-hydroxylation sites is 1. The van der Waals surface area contributed by atoms with Crippen LogP contribution in [0.5, 0.6) is 0 Å². The van der Waals surface area contributed by atoms with Gasteiger partial charge in [-0.25, -0.2) is 9.97 Å². The summed E-state index contributed by atoms with van der Waals surface area (Å²) >= 11 is -0.275. The average Bonchev–Trinajstić information content (AvgIpc) is 2.82. The van der Waals surface area contributed by atoms with Gasteiger partial charge in [0.2, 0.25) is 0 Å². The summed E-state index contributed by atoms with van der Waals surface area (Å²) in [5, 5.41) is 1.17. The molecule has 5 heteroatoms. The molecule has 0 saturated carbocycles. The maximum absolute atomic E-state index is 4.77. The minimum Gasteiger partial charge on any atom is -0.333 e. The third kappa shape index (κ3) is 2.70. The highest BCUT2D eigenvalue weighted by molar-refractivity contribution is 8.17. The third-order valence-electron chi connectivity index (χ3n) is 3.34. The highest BCUT2D eigenvalue weighted by Crippen LogP contribution is 2.31. The number of anilines is 1. The first-order valence-electron chi connectivity index (χ1n) is 7.24. The molecule has 0 spiro atoms. The van der Waals surface area contributed by atoms with E-state index in [-0.39, 0.29) is 11.1 Å². The van der Waals surface area contributed by atoms with Gasteiger partial charge in [0.05, 0.1) is 17.4 Å². The molecule has 0 saturated heterocycles. The number of thiol groups is 1. The van der Waals surface area contributed by atoms with Gasteiger partial charge in [-0.15, -0.1) is 0 Å². The number of nitrogens with zero attached hydrogens (tertiary/aromatic N) is 3. The molecule has 0 aliphatic carbocycles. The van der Waals surface area contributed by atoms with Crippen LogP contribution in [0.15, 0.2) is 30.6 Å². The molecule has 21 heavy (non-hydrogen) atoms. The maximum Gasteiger partial charge on any atom is 0.163 e. The normalized spacial score (nSPS) is 12.3. The van der Waals surface area contributed by atoms with Crippen LogP contribution in [0.4, 0.5) is 5.82 Å². The van der Waals surface area contributed by atoms with Gasteiger partial charge in [-0.05, 0) is 24.5 Å². The van der Waals surface area contributed by atoms with Crippen LogP contribution in [0.3, 0.4) is 0 Å². The first-order chi connectivity index (χ1) is 10.1. The number of hydrogen-bond donors (Lipinski definition) is 2. The summed E-state index contributed by atoms with van der Waals surface area (Å²) in [5.41, 5.74) is 3.19. The highest BCUT2D eigenvalue weighted by atomic mass is 32.2. The lowest BCUT2D eigenvalue weighted by atomic mass is 10.1. The fourth-order valence-corrected chi connectivity index (χ4v) is 3.18. The van der Waals surface area contributed by atoms with E-state index in [1.165, 1.54) is 10.9 Å². The smallest absolute Gasteiger partial charge is 0.163 e. The molecule has 0 bridgehead atoms. The number of rotatable bonds is 4. The second-order valence-electron chi connectivity index (χ2n) is 5.97. The van der Waals surface area contributed by atoms with Crippen LogP contribution >= 0.6 is 11.1 Å². The van der Waals surface area contributed by atoms with Crippen molar-refractivity contribution in [1.29, 1.82) is 0 Å². The molecule has 1 N–H and O–H groups in total. The molecule has 0 radical (unpaired) electrons. The van der Waals surface area contributed by atoms with E-state index in [4.69, 9.17) is 4.98 Å². The molecular weight excluding hydrogens is 280 g/mol. The summed E-state index contributed by atoms with van der Waals surface area (Å²) in [5.74, 6) is 1.49. The van der Waals surface area contributed by atoms with Gasteiger partial charge >= 0.3 is 0 Å². The number of benzene rings is 1. The first-order valence-corrected chi connectivity index (χ1v) is 9.47. The van der Waals surface area contributed by atoms with Crippen molar-refractivity contribution in [3.8, 4) is 0 Å². The molecule has 3 aromatic rings. The van der Waals surface area contributed by atoms with Crippen LogP contribution < -0.4 is 4.72 Å². The predicted octanol–water partition coefficient (Wildman–Crippen LogP) is 3.83. The molecule has 0 amide bonds. The fourth-order valence-electron chi connectivity index (χ4n) is 2.60. The zero-order valence-corrected chi connectivity index (χ0v) is 13.9. The Morgan fingerprint density at radius 3 is 2.71 bits per heavy atom. The van der Waals surface area contributed by atoms with Gasteiger partial charge in [0.1, 0.15) is 5.52 Å². The van der Waals surface area contributed by atoms with Gasteiger partial charge < -0.3 is 9.29 Å². The minimum absolute atomic E-state index is 0.275. The Balaban J connectivity index is 2.30. The number of imidazole rings is 1. The largest absolute Gasteiger partial charge is 0.333 e. The fraction of sp³-hybridized carbons (Fsp3) is 0.375. The summed E-state index contributed by atoms with van der Waals surface area (Å²) in [4.78, 5) is 9.39. The van der Waals surface area contributed by atoms with Crippen LogP contribution in [0.2, 0.25) is 0 Å². The highest BCUT2D eigenvalue weighted by Gasteiger charge is 2.14. The Kier molecular flexibility index (Phi) is 3.76. The van der Waals surface area contributed by atoms with Crippen molar-refractivity contribution in [2.75, 3.05) is 17.2 Å². The maximum atomic E-state index is 4.77. The van der Waals surface area contributed by atoms with Crippen molar-refractivity contribution < 1.29 is 0 Å². The number of fused-ring (bicyclic) bond motifs is 3. The molecule has 1 aromatic carbocycles. The molecule has 112 valence electrons. The standard InChI is InChI=1S/C16H22N4S/c1-11(2)9-20-10-17-14-15(20)12-7-5-6-8-13(12)18-16(14)19-21(3)4/h5-8,10-11,21H,9H2,1-4H3,(H,18,19). The summed E-state index contributed by atoms with van der Waals surface area (Å²) < 4.78 is 5.74. The number of aromatic nitrogens is 3. The van der Waals surface area contributed by atoms with Crippen LogP contribution in [-0.4, -0.2) is 27.0 Å². The van der Waals surface area contributed by atoms with Gasteiger partial charge in [0.15, 0.2) is 5.82 Å². The van der Waals surface area contributed by atoms with E-state index in [1.54, 1.807) is 0 Å². The molecule has 0 fully saturated rings. The molecule has 4 nitrogen and oxygen atoms in total. The molecule has 0 aliphatic rings. The summed E-state index contributed by atoms with van der Waals surface area (Å²) in [6.07, 6.45) is 6.31.